The predicted molar refractivity (Wildman–Crippen MR) is 123 cm³/mol. The van der Waals surface area contributed by atoms with Crippen LogP contribution in [0.4, 0.5) is 11.4 Å². The molecule has 1 heterocycles. The molecule has 3 aromatic rings. The smallest absolute Gasteiger partial charge is 0.267 e. The van der Waals surface area contributed by atoms with Gasteiger partial charge in [0, 0.05) is 0 Å². The topological polar surface area (TPSA) is 84.9 Å². The molecular formula is C24H24N2O5S. The van der Waals surface area contributed by atoms with E-state index < -0.39 is 22.0 Å². The predicted octanol–water partition coefficient (Wildman–Crippen LogP) is 3.91. The third kappa shape index (κ3) is 4.13. The van der Waals surface area contributed by atoms with Gasteiger partial charge in [-0.1, -0.05) is 35.9 Å². The maximum atomic E-state index is 13.5. The lowest BCUT2D eigenvalue weighted by molar-refractivity contribution is -0.122. The first kappa shape index (κ1) is 21.7. The van der Waals surface area contributed by atoms with E-state index in [-0.39, 0.29) is 11.4 Å². The zero-order valence-electron chi connectivity index (χ0n) is 18.0. The number of amides is 1. The van der Waals surface area contributed by atoms with E-state index in [1.807, 2.05) is 19.9 Å². The minimum absolute atomic E-state index is 0.153. The van der Waals surface area contributed by atoms with Crippen LogP contribution in [0.1, 0.15) is 11.1 Å². The van der Waals surface area contributed by atoms with Crippen molar-refractivity contribution in [3.63, 3.8) is 0 Å². The summed E-state index contributed by atoms with van der Waals surface area (Å²) in [7, 11) is -2.40. The number of hydrogen-bond acceptors (Lipinski definition) is 5. The van der Waals surface area contributed by atoms with Crippen LogP contribution in [-0.4, -0.2) is 34.1 Å². The van der Waals surface area contributed by atoms with Gasteiger partial charge in [-0.15, -0.1) is 0 Å². The van der Waals surface area contributed by atoms with Gasteiger partial charge >= 0.3 is 0 Å². The van der Waals surface area contributed by atoms with E-state index in [4.69, 9.17) is 9.47 Å². The fourth-order valence-electron chi connectivity index (χ4n) is 3.52. The second kappa shape index (κ2) is 8.55. The standard InChI is InChI=1S/C24H24N2O5S/c1-16-8-11-18(12-9-16)32(28,29)26-15-23(31-22-14-17(2)10-13-20(22)26)24(27)25-19-6-4-5-7-21(19)30-3/h4-14,23H,15H2,1-3H3,(H,25,27)/t23-/m0/s1. The largest absolute Gasteiger partial charge is 0.495 e. The fraction of sp³-hybridized carbons (Fsp3) is 0.208. The minimum atomic E-state index is -3.91. The second-order valence-electron chi connectivity index (χ2n) is 7.62. The van der Waals surface area contributed by atoms with Gasteiger partial charge in [0.05, 0.1) is 29.9 Å². The van der Waals surface area contributed by atoms with Crippen molar-refractivity contribution in [2.75, 3.05) is 23.3 Å². The number of para-hydroxylation sites is 2. The zero-order chi connectivity index (χ0) is 22.9. The van der Waals surface area contributed by atoms with Crippen LogP contribution in [0.5, 0.6) is 11.5 Å². The van der Waals surface area contributed by atoms with Crippen LogP contribution in [0.2, 0.25) is 0 Å². The van der Waals surface area contributed by atoms with E-state index in [0.717, 1.165) is 11.1 Å². The van der Waals surface area contributed by atoms with Gasteiger partial charge in [-0.2, -0.15) is 0 Å². The monoisotopic (exact) mass is 452 g/mol. The van der Waals surface area contributed by atoms with Crippen molar-refractivity contribution in [2.24, 2.45) is 0 Å². The van der Waals surface area contributed by atoms with Gasteiger partial charge in [0.15, 0.2) is 6.10 Å². The number of rotatable bonds is 5. The SMILES string of the molecule is COc1ccccc1NC(=O)[C@@H]1CN(S(=O)(=O)c2ccc(C)cc2)c2ccc(C)cc2O1. The lowest BCUT2D eigenvalue weighted by Crippen LogP contribution is -2.48. The van der Waals surface area contributed by atoms with Gasteiger partial charge in [-0.25, -0.2) is 8.42 Å². The Balaban J connectivity index is 1.70. The first-order chi connectivity index (χ1) is 15.3. The number of sulfonamides is 1. The molecule has 0 aromatic heterocycles. The molecule has 0 aliphatic carbocycles. The van der Waals surface area contributed by atoms with Gasteiger partial charge in [0.1, 0.15) is 11.5 Å². The summed E-state index contributed by atoms with van der Waals surface area (Å²) in [5, 5.41) is 2.79. The molecule has 0 unspecified atom stereocenters. The van der Waals surface area contributed by atoms with Crippen LogP contribution in [0.3, 0.4) is 0 Å². The number of anilines is 2. The molecule has 0 saturated carbocycles. The highest BCUT2D eigenvalue weighted by Crippen LogP contribution is 2.38. The van der Waals surface area contributed by atoms with Crippen LogP contribution in [0.15, 0.2) is 71.6 Å². The first-order valence-electron chi connectivity index (χ1n) is 10.1. The number of nitrogens with one attached hydrogen (secondary N) is 1. The molecule has 1 aliphatic heterocycles. The third-order valence-electron chi connectivity index (χ3n) is 5.25. The van der Waals surface area contributed by atoms with Crippen LogP contribution in [0, 0.1) is 13.8 Å². The minimum Gasteiger partial charge on any atom is -0.495 e. The first-order valence-corrected chi connectivity index (χ1v) is 11.5. The summed E-state index contributed by atoms with van der Waals surface area (Å²) in [6, 6.07) is 18.9. The summed E-state index contributed by atoms with van der Waals surface area (Å²) in [4.78, 5) is 13.2. The van der Waals surface area contributed by atoms with Gasteiger partial charge in [0.25, 0.3) is 15.9 Å². The fourth-order valence-corrected chi connectivity index (χ4v) is 5.00. The molecule has 1 aliphatic rings. The highest BCUT2D eigenvalue weighted by Gasteiger charge is 2.37. The van der Waals surface area contributed by atoms with Crippen LogP contribution in [0.25, 0.3) is 0 Å². The Morgan fingerprint density at radius 1 is 1.03 bits per heavy atom. The highest BCUT2D eigenvalue weighted by molar-refractivity contribution is 7.92. The van der Waals surface area contributed by atoms with Crippen molar-refractivity contribution in [1.29, 1.82) is 0 Å². The van der Waals surface area contributed by atoms with E-state index >= 15 is 0 Å². The molecule has 166 valence electrons. The summed E-state index contributed by atoms with van der Waals surface area (Å²) < 4.78 is 39.5. The Bertz CT molecular complexity index is 1260. The van der Waals surface area contributed by atoms with E-state index in [2.05, 4.69) is 5.32 Å². The molecule has 8 heteroatoms. The lowest BCUT2D eigenvalue weighted by atomic mass is 10.1. The maximum absolute atomic E-state index is 13.5. The Morgan fingerprint density at radius 2 is 1.72 bits per heavy atom. The average molecular weight is 453 g/mol. The quantitative estimate of drug-likeness (QED) is 0.635. The number of carbonyl (C=O) groups is 1. The molecule has 3 aromatic carbocycles. The molecule has 0 spiro atoms. The van der Waals surface area contributed by atoms with Crippen molar-refractivity contribution < 1.29 is 22.7 Å². The molecule has 32 heavy (non-hydrogen) atoms. The van der Waals surface area contributed by atoms with Crippen LogP contribution >= 0.6 is 0 Å². The number of carbonyl (C=O) groups excluding carboxylic acids is 1. The van der Waals surface area contributed by atoms with Gasteiger partial charge in [-0.3, -0.25) is 9.10 Å². The van der Waals surface area contributed by atoms with Crippen molar-refractivity contribution in [1.82, 2.24) is 0 Å². The van der Waals surface area contributed by atoms with E-state index in [1.165, 1.54) is 11.4 Å². The number of hydrogen-bond donors (Lipinski definition) is 1. The molecule has 0 bridgehead atoms. The number of benzene rings is 3. The Morgan fingerprint density at radius 3 is 2.44 bits per heavy atom. The summed E-state index contributed by atoms with van der Waals surface area (Å²) in [6.45, 7) is 3.61. The van der Waals surface area contributed by atoms with Crippen molar-refractivity contribution >= 4 is 27.3 Å². The number of nitrogens with zero attached hydrogens (tertiary/aromatic N) is 1. The molecule has 0 fully saturated rings. The number of fused-ring (bicyclic) bond motifs is 1. The molecule has 1 N–H and O–H groups in total. The lowest BCUT2D eigenvalue weighted by Gasteiger charge is -2.35. The summed E-state index contributed by atoms with van der Waals surface area (Å²) in [6.07, 6.45) is -1.05. The third-order valence-corrected chi connectivity index (χ3v) is 7.05. The average Bonchev–Trinajstić information content (AvgIpc) is 2.78. The van der Waals surface area contributed by atoms with E-state index in [9.17, 15) is 13.2 Å². The van der Waals surface area contributed by atoms with E-state index in [0.29, 0.717) is 22.9 Å². The Kier molecular flexibility index (Phi) is 5.80. The molecule has 1 atom stereocenters. The molecule has 7 nitrogen and oxygen atoms in total. The number of ether oxygens (including phenoxy) is 2. The number of methoxy groups -OCH3 is 1. The number of aryl methyl sites for hydroxylation is 2. The Labute approximate surface area is 187 Å². The second-order valence-corrected chi connectivity index (χ2v) is 9.48. The normalized spacial score (nSPS) is 15.5. The highest BCUT2D eigenvalue weighted by atomic mass is 32.2. The molecule has 1 amide bonds. The van der Waals surface area contributed by atoms with Crippen molar-refractivity contribution in [3.8, 4) is 11.5 Å². The van der Waals surface area contributed by atoms with Crippen molar-refractivity contribution in [2.45, 2.75) is 24.8 Å². The molecule has 0 radical (unpaired) electrons. The summed E-state index contributed by atoms with van der Waals surface area (Å²) in [5.74, 6) is 0.370. The van der Waals surface area contributed by atoms with Gasteiger partial charge in [-0.05, 0) is 55.8 Å². The Hall–Kier alpha value is -3.52. The van der Waals surface area contributed by atoms with Gasteiger partial charge in [0.2, 0.25) is 0 Å². The van der Waals surface area contributed by atoms with Gasteiger partial charge < -0.3 is 14.8 Å². The van der Waals surface area contributed by atoms with Crippen LogP contribution in [-0.2, 0) is 14.8 Å². The maximum Gasteiger partial charge on any atom is 0.267 e. The molecule has 4 rings (SSSR count). The zero-order valence-corrected chi connectivity index (χ0v) is 18.8. The molecular weight excluding hydrogens is 428 g/mol. The molecule has 0 saturated heterocycles. The summed E-state index contributed by atoms with van der Waals surface area (Å²) >= 11 is 0. The van der Waals surface area contributed by atoms with Crippen molar-refractivity contribution in [3.05, 3.63) is 77.9 Å². The van der Waals surface area contributed by atoms with Crippen LogP contribution < -0.4 is 19.1 Å². The summed E-state index contributed by atoms with van der Waals surface area (Å²) in [5.41, 5.74) is 2.72. The van der Waals surface area contributed by atoms with E-state index in [1.54, 1.807) is 60.7 Å².